The van der Waals surface area contributed by atoms with E-state index in [-0.39, 0.29) is 12.6 Å². The van der Waals surface area contributed by atoms with Gasteiger partial charge in [-0.2, -0.15) is 0 Å². The zero-order valence-electron chi connectivity index (χ0n) is 12.1. The van der Waals surface area contributed by atoms with Crippen LogP contribution in [-0.4, -0.2) is 50.8 Å². The maximum absolute atomic E-state index is 11.9. The van der Waals surface area contributed by atoms with E-state index >= 15 is 0 Å². The SMILES string of the molecule is CC(C)(C)OC(=O)N1CCc2nccn2CC1.O=CO. The van der Waals surface area contributed by atoms with Crippen molar-refractivity contribution in [2.45, 2.75) is 39.3 Å². The summed E-state index contributed by atoms with van der Waals surface area (Å²) >= 11 is 0. The van der Waals surface area contributed by atoms with Gasteiger partial charge in [0.15, 0.2) is 0 Å². The second kappa shape index (κ2) is 6.93. The monoisotopic (exact) mass is 283 g/mol. The fraction of sp³-hybridized carbons (Fsp3) is 0.615. The zero-order valence-corrected chi connectivity index (χ0v) is 12.1. The standard InChI is InChI=1S/C12H19N3O2.CH2O2/c1-12(2,3)17-11(16)15-6-4-10-13-5-7-14(10)8-9-15;2-1-3/h5,7H,4,6,8-9H2,1-3H3;1H,(H,2,3). The van der Waals surface area contributed by atoms with Gasteiger partial charge in [-0.15, -0.1) is 0 Å². The molecule has 7 heteroatoms. The van der Waals surface area contributed by atoms with E-state index in [2.05, 4.69) is 9.55 Å². The topological polar surface area (TPSA) is 84.7 Å². The van der Waals surface area contributed by atoms with Crippen LogP contribution in [0.25, 0.3) is 0 Å². The Balaban J connectivity index is 0.000000612. The van der Waals surface area contributed by atoms with E-state index in [0.29, 0.717) is 13.1 Å². The van der Waals surface area contributed by atoms with Crippen molar-refractivity contribution < 1.29 is 19.4 Å². The van der Waals surface area contributed by atoms with Gasteiger partial charge in [-0.3, -0.25) is 4.79 Å². The van der Waals surface area contributed by atoms with Crippen LogP contribution < -0.4 is 0 Å². The number of hydrogen-bond donors (Lipinski definition) is 1. The molecule has 0 aromatic carbocycles. The van der Waals surface area contributed by atoms with E-state index in [0.717, 1.165) is 18.8 Å². The number of carboxylic acid groups (broad SMARTS) is 1. The molecule has 1 aliphatic heterocycles. The smallest absolute Gasteiger partial charge is 0.410 e. The molecule has 2 rings (SSSR count). The van der Waals surface area contributed by atoms with Gasteiger partial charge in [-0.25, -0.2) is 9.78 Å². The highest BCUT2D eigenvalue weighted by Gasteiger charge is 2.24. The Hall–Kier alpha value is -2.05. The molecular weight excluding hydrogens is 262 g/mol. The number of imidazole rings is 1. The molecule has 1 amide bonds. The summed E-state index contributed by atoms with van der Waals surface area (Å²) in [4.78, 5) is 26.3. The lowest BCUT2D eigenvalue weighted by Gasteiger charge is -2.26. The van der Waals surface area contributed by atoms with Crippen LogP contribution in [0.4, 0.5) is 4.79 Å². The number of amides is 1. The molecule has 0 saturated heterocycles. The zero-order chi connectivity index (χ0) is 15.2. The first-order chi connectivity index (χ1) is 9.37. The van der Waals surface area contributed by atoms with Gasteiger partial charge in [0.1, 0.15) is 11.4 Å². The Morgan fingerprint density at radius 3 is 2.65 bits per heavy atom. The maximum Gasteiger partial charge on any atom is 0.410 e. The van der Waals surface area contributed by atoms with E-state index < -0.39 is 5.60 Å². The summed E-state index contributed by atoms with van der Waals surface area (Å²) in [5, 5.41) is 6.89. The van der Waals surface area contributed by atoms with Gasteiger partial charge in [0.2, 0.25) is 0 Å². The van der Waals surface area contributed by atoms with Crippen molar-refractivity contribution in [3.05, 3.63) is 18.2 Å². The molecule has 7 nitrogen and oxygen atoms in total. The number of hydrogen-bond acceptors (Lipinski definition) is 4. The number of carbonyl (C=O) groups is 2. The molecule has 0 fully saturated rings. The van der Waals surface area contributed by atoms with Crippen molar-refractivity contribution in [2.24, 2.45) is 0 Å². The molecule has 0 aliphatic carbocycles. The van der Waals surface area contributed by atoms with E-state index in [4.69, 9.17) is 14.6 Å². The van der Waals surface area contributed by atoms with Crippen molar-refractivity contribution in [3.8, 4) is 0 Å². The third kappa shape index (κ3) is 4.91. The molecule has 20 heavy (non-hydrogen) atoms. The average molecular weight is 283 g/mol. The summed E-state index contributed by atoms with van der Waals surface area (Å²) in [6.07, 6.45) is 4.31. The lowest BCUT2D eigenvalue weighted by molar-refractivity contribution is -0.122. The molecule has 0 radical (unpaired) electrons. The van der Waals surface area contributed by atoms with Crippen molar-refractivity contribution in [3.63, 3.8) is 0 Å². The molecule has 0 bridgehead atoms. The fourth-order valence-electron chi connectivity index (χ4n) is 1.86. The molecule has 112 valence electrons. The molecule has 1 N–H and O–H groups in total. The third-order valence-electron chi connectivity index (χ3n) is 2.67. The van der Waals surface area contributed by atoms with Crippen molar-refractivity contribution >= 4 is 12.6 Å². The Kier molecular flexibility index (Phi) is 5.54. The molecule has 0 saturated carbocycles. The Labute approximate surface area is 118 Å². The predicted molar refractivity (Wildman–Crippen MR) is 72.4 cm³/mol. The van der Waals surface area contributed by atoms with Crippen molar-refractivity contribution in [1.29, 1.82) is 0 Å². The Morgan fingerprint density at radius 2 is 2.05 bits per heavy atom. The largest absolute Gasteiger partial charge is 0.483 e. The number of fused-ring (bicyclic) bond motifs is 1. The van der Waals surface area contributed by atoms with Crippen LogP contribution in [0.5, 0.6) is 0 Å². The van der Waals surface area contributed by atoms with Crippen LogP contribution >= 0.6 is 0 Å². The molecule has 1 aromatic heterocycles. The number of carbonyl (C=O) groups excluding carboxylic acids is 1. The number of ether oxygens (including phenoxy) is 1. The van der Waals surface area contributed by atoms with Crippen LogP contribution in [0.15, 0.2) is 12.4 Å². The Bertz CT molecular complexity index is 428. The third-order valence-corrected chi connectivity index (χ3v) is 2.67. The average Bonchev–Trinajstić information content (AvgIpc) is 2.67. The summed E-state index contributed by atoms with van der Waals surface area (Å²) in [6.45, 7) is 7.54. The summed E-state index contributed by atoms with van der Waals surface area (Å²) < 4.78 is 7.45. The molecule has 2 heterocycles. The van der Waals surface area contributed by atoms with Crippen LogP contribution in [-0.2, 0) is 22.5 Å². The molecule has 1 aliphatic rings. The minimum Gasteiger partial charge on any atom is -0.483 e. The van der Waals surface area contributed by atoms with Crippen LogP contribution in [0.1, 0.15) is 26.6 Å². The van der Waals surface area contributed by atoms with Crippen LogP contribution in [0, 0.1) is 0 Å². The molecule has 0 atom stereocenters. The fourth-order valence-corrected chi connectivity index (χ4v) is 1.86. The molecular formula is C13H21N3O4. The van der Waals surface area contributed by atoms with Crippen molar-refractivity contribution in [2.75, 3.05) is 13.1 Å². The van der Waals surface area contributed by atoms with Crippen LogP contribution in [0.3, 0.4) is 0 Å². The summed E-state index contributed by atoms with van der Waals surface area (Å²) in [5.74, 6) is 1.04. The summed E-state index contributed by atoms with van der Waals surface area (Å²) in [6, 6.07) is 0. The molecule has 0 spiro atoms. The summed E-state index contributed by atoms with van der Waals surface area (Å²) in [5.41, 5.74) is -0.434. The number of aromatic nitrogens is 2. The highest BCUT2D eigenvalue weighted by Crippen LogP contribution is 2.12. The van der Waals surface area contributed by atoms with Crippen molar-refractivity contribution in [1.82, 2.24) is 14.5 Å². The first-order valence-electron chi connectivity index (χ1n) is 6.43. The number of rotatable bonds is 0. The van der Waals surface area contributed by atoms with E-state index in [1.54, 1.807) is 11.1 Å². The summed E-state index contributed by atoms with van der Waals surface area (Å²) in [7, 11) is 0. The lowest BCUT2D eigenvalue weighted by Crippen LogP contribution is -2.38. The lowest BCUT2D eigenvalue weighted by atomic mass is 10.2. The van der Waals surface area contributed by atoms with Gasteiger partial charge < -0.3 is 19.3 Å². The van der Waals surface area contributed by atoms with E-state index in [1.807, 2.05) is 27.0 Å². The first-order valence-corrected chi connectivity index (χ1v) is 6.43. The normalized spacial score (nSPS) is 14.4. The Morgan fingerprint density at radius 1 is 1.40 bits per heavy atom. The van der Waals surface area contributed by atoms with E-state index in [9.17, 15) is 4.79 Å². The van der Waals surface area contributed by atoms with Gasteiger partial charge in [-0.1, -0.05) is 0 Å². The number of nitrogens with zero attached hydrogens (tertiary/aromatic N) is 3. The molecule has 0 unspecified atom stereocenters. The minimum absolute atomic E-state index is 0.233. The first kappa shape index (κ1) is 16.0. The van der Waals surface area contributed by atoms with Crippen LogP contribution in [0.2, 0.25) is 0 Å². The molecule has 1 aromatic rings. The minimum atomic E-state index is -0.434. The van der Waals surface area contributed by atoms with Gasteiger partial charge in [-0.05, 0) is 20.8 Å². The quantitative estimate of drug-likeness (QED) is 0.727. The van der Waals surface area contributed by atoms with Gasteiger partial charge in [0, 0.05) is 38.4 Å². The highest BCUT2D eigenvalue weighted by molar-refractivity contribution is 5.68. The van der Waals surface area contributed by atoms with Gasteiger partial charge in [0.05, 0.1) is 0 Å². The second-order valence-corrected chi connectivity index (χ2v) is 5.36. The second-order valence-electron chi connectivity index (χ2n) is 5.36. The van der Waals surface area contributed by atoms with Gasteiger partial charge in [0.25, 0.3) is 6.47 Å². The van der Waals surface area contributed by atoms with Gasteiger partial charge >= 0.3 is 6.09 Å². The highest BCUT2D eigenvalue weighted by atomic mass is 16.6. The maximum atomic E-state index is 11.9. The van der Waals surface area contributed by atoms with E-state index in [1.165, 1.54) is 0 Å². The predicted octanol–water partition coefficient (Wildman–Crippen LogP) is 1.38.